The first-order valence-electron chi connectivity index (χ1n) is 6.12. The van der Waals surface area contributed by atoms with Gasteiger partial charge in [0.1, 0.15) is 0 Å². The molecule has 20 heavy (non-hydrogen) atoms. The van der Waals surface area contributed by atoms with Crippen molar-refractivity contribution >= 4 is 17.2 Å². The minimum atomic E-state index is 0.249. The number of hydrogen-bond acceptors (Lipinski definition) is 5. The molecule has 0 atom stereocenters. The van der Waals surface area contributed by atoms with Crippen molar-refractivity contribution in [2.45, 2.75) is 6.92 Å². The van der Waals surface area contributed by atoms with E-state index < -0.39 is 0 Å². The smallest absolute Gasteiger partial charge is 0.238 e. The van der Waals surface area contributed by atoms with Gasteiger partial charge in [-0.1, -0.05) is 0 Å². The second-order valence-corrected chi connectivity index (χ2v) is 4.59. The van der Waals surface area contributed by atoms with E-state index in [1.165, 1.54) is 0 Å². The molecule has 0 fully saturated rings. The normalized spacial score (nSPS) is 11.4. The maximum atomic E-state index is 5.58. The van der Waals surface area contributed by atoms with Crippen LogP contribution in [-0.2, 0) is 0 Å². The minimum Gasteiger partial charge on any atom is -0.367 e. The molecule has 0 spiro atoms. The molecular weight excluding hydrogens is 254 g/mol. The van der Waals surface area contributed by atoms with Crippen LogP contribution in [0.25, 0.3) is 22.4 Å². The van der Waals surface area contributed by atoms with E-state index in [-0.39, 0.29) is 5.95 Å². The van der Waals surface area contributed by atoms with Crippen molar-refractivity contribution in [2.24, 2.45) is 0 Å². The molecule has 0 bridgehead atoms. The molecule has 0 aliphatic rings. The molecular formula is C13H11N7. The first-order valence-corrected chi connectivity index (χ1v) is 6.12. The summed E-state index contributed by atoms with van der Waals surface area (Å²) >= 11 is 0. The van der Waals surface area contributed by atoms with Gasteiger partial charge in [0, 0.05) is 35.4 Å². The Morgan fingerprint density at radius 1 is 1.10 bits per heavy atom. The first-order chi connectivity index (χ1) is 9.72. The first kappa shape index (κ1) is 10.9. The molecule has 0 aliphatic heterocycles. The van der Waals surface area contributed by atoms with Gasteiger partial charge in [-0.2, -0.15) is 0 Å². The number of nitrogen functional groups attached to an aromatic ring is 1. The molecule has 0 aromatic carbocycles. The van der Waals surface area contributed by atoms with Gasteiger partial charge in [-0.15, -0.1) is 5.10 Å². The van der Waals surface area contributed by atoms with Crippen LogP contribution in [0.3, 0.4) is 0 Å². The predicted octanol–water partition coefficient (Wildman–Crippen LogP) is 1.33. The number of fused-ring (bicyclic) bond motifs is 2. The van der Waals surface area contributed by atoms with Crippen LogP contribution < -0.4 is 5.73 Å². The minimum absolute atomic E-state index is 0.249. The number of anilines is 1. The number of aryl methyl sites for hydroxylation is 1. The summed E-state index contributed by atoms with van der Waals surface area (Å²) in [6.07, 6.45) is 9.17. The van der Waals surface area contributed by atoms with Crippen LogP contribution in [0.1, 0.15) is 5.69 Å². The summed E-state index contributed by atoms with van der Waals surface area (Å²) in [6.45, 7) is 1.99. The van der Waals surface area contributed by atoms with Crippen LogP contribution in [0, 0.1) is 6.92 Å². The molecule has 0 unspecified atom stereocenters. The van der Waals surface area contributed by atoms with Crippen molar-refractivity contribution in [1.29, 1.82) is 0 Å². The highest BCUT2D eigenvalue weighted by Crippen LogP contribution is 2.24. The second kappa shape index (κ2) is 3.77. The molecule has 0 aliphatic carbocycles. The van der Waals surface area contributed by atoms with Gasteiger partial charge in [0.2, 0.25) is 11.7 Å². The summed E-state index contributed by atoms with van der Waals surface area (Å²) in [5.41, 5.74) is 9.50. The summed E-state index contributed by atoms with van der Waals surface area (Å²) in [5.74, 6) is 0.939. The highest BCUT2D eigenvalue weighted by Gasteiger charge is 2.09. The molecule has 4 aromatic heterocycles. The van der Waals surface area contributed by atoms with E-state index >= 15 is 0 Å². The van der Waals surface area contributed by atoms with E-state index in [0.717, 1.165) is 22.3 Å². The highest BCUT2D eigenvalue weighted by atomic mass is 15.3. The highest BCUT2D eigenvalue weighted by molar-refractivity contribution is 5.79. The Balaban J connectivity index is 1.98. The fourth-order valence-electron chi connectivity index (χ4n) is 2.28. The Morgan fingerprint density at radius 3 is 2.85 bits per heavy atom. The SMILES string of the molecule is Cc1cnc2ncc(-c3ccn4nc(N)ncc34)cn12. The zero-order valence-corrected chi connectivity index (χ0v) is 10.7. The number of nitrogens with zero attached hydrogens (tertiary/aromatic N) is 6. The van der Waals surface area contributed by atoms with Crippen LogP contribution in [0.2, 0.25) is 0 Å². The largest absolute Gasteiger partial charge is 0.367 e. The molecule has 98 valence electrons. The van der Waals surface area contributed by atoms with Crippen molar-refractivity contribution in [1.82, 2.24) is 29.0 Å². The van der Waals surface area contributed by atoms with Crippen molar-refractivity contribution in [3.63, 3.8) is 0 Å². The van der Waals surface area contributed by atoms with Gasteiger partial charge in [-0.25, -0.2) is 19.5 Å². The number of nitrogens with two attached hydrogens (primary N) is 1. The number of aromatic nitrogens is 6. The summed E-state index contributed by atoms with van der Waals surface area (Å²) in [6, 6.07) is 1.97. The third-order valence-electron chi connectivity index (χ3n) is 3.30. The fourth-order valence-corrected chi connectivity index (χ4v) is 2.28. The number of rotatable bonds is 1. The van der Waals surface area contributed by atoms with Crippen molar-refractivity contribution in [3.05, 3.63) is 42.7 Å². The topological polar surface area (TPSA) is 86.4 Å². The lowest BCUT2D eigenvalue weighted by Crippen LogP contribution is -1.99. The van der Waals surface area contributed by atoms with Crippen molar-refractivity contribution in [2.75, 3.05) is 5.73 Å². The monoisotopic (exact) mass is 265 g/mol. The molecule has 4 rings (SSSR count). The Morgan fingerprint density at radius 2 is 1.95 bits per heavy atom. The molecule has 0 amide bonds. The Hall–Kier alpha value is -2.96. The van der Waals surface area contributed by atoms with Gasteiger partial charge in [0.05, 0.1) is 17.9 Å². The molecule has 7 heteroatoms. The summed E-state index contributed by atoms with van der Waals surface area (Å²) in [4.78, 5) is 12.6. The zero-order valence-electron chi connectivity index (χ0n) is 10.7. The second-order valence-electron chi connectivity index (χ2n) is 4.59. The maximum Gasteiger partial charge on any atom is 0.238 e. The zero-order chi connectivity index (χ0) is 13.7. The molecule has 0 radical (unpaired) electrons. The van der Waals surface area contributed by atoms with Crippen LogP contribution >= 0.6 is 0 Å². The Labute approximate surface area is 113 Å². The average Bonchev–Trinajstić information content (AvgIpc) is 3.02. The van der Waals surface area contributed by atoms with E-state index in [4.69, 9.17) is 5.73 Å². The van der Waals surface area contributed by atoms with Crippen LogP contribution in [0.5, 0.6) is 0 Å². The quantitative estimate of drug-likeness (QED) is 0.561. The maximum absolute atomic E-state index is 5.58. The Bertz CT molecular complexity index is 934. The molecule has 7 nitrogen and oxygen atoms in total. The third kappa shape index (κ3) is 1.46. The van der Waals surface area contributed by atoms with Gasteiger partial charge < -0.3 is 5.73 Å². The van der Waals surface area contributed by atoms with E-state index in [2.05, 4.69) is 20.1 Å². The van der Waals surface area contributed by atoms with Crippen LogP contribution in [-0.4, -0.2) is 29.0 Å². The predicted molar refractivity (Wildman–Crippen MR) is 74.1 cm³/mol. The van der Waals surface area contributed by atoms with Gasteiger partial charge in [-0.3, -0.25) is 4.40 Å². The summed E-state index contributed by atoms with van der Waals surface area (Å²) in [7, 11) is 0. The van der Waals surface area contributed by atoms with E-state index in [1.807, 2.05) is 29.8 Å². The lowest BCUT2D eigenvalue weighted by Gasteiger charge is -2.02. The fraction of sp³-hybridized carbons (Fsp3) is 0.0769. The average molecular weight is 265 g/mol. The van der Waals surface area contributed by atoms with Crippen LogP contribution in [0.4, 0.5) is 5.95 Å². The molecule has 4 heterocycles. The van der Waals surface area contributed by atoms with E-state index in [1.54, 1.807) is 23.1 Å². The molecule has 4 aromatic rings. The molecule has 0 saturated heterocycles. The number of imidazole rings is 1. The van der Waals surface area contributed by atoms with Gasteiger partial charge >= 0.3 is 0 Å². The van der Waals surface area contributed by atoms with Crippen molar-refractivity contribution in [3.8, 4) is 11.1 Å². The van der Waals surface area contributed by atoms with Gasteiger partial charge in [0.15, 0.2) is 0 Å². The third-order valence-corrected chi connectivity index (χ3v) is 3.30. The van der Waals surface area contributed by atoms with Gasteiger partial charge in [-0.05, 0) is 13.0 Å². The lowest BCUT2D eigenvalue weighted by molar-refractivity contribution is 0.917. The molecule has 0 saturated carbocycles. The summed E-state index contributed by atoms with van der Waals surface area (Å²) < 4.78 is 3.67. The van der Waals surface area contributed by atoms with Crippen molar-refractivity contribution < 1.29 is 0 Å². The lowest BCUT2D eigenvalue weighted by atomic mass is 10.1. The van der Waals surface area contributed by atoms with Crippen LogP contribution in [0.15, 0.2) is 37.1 Å². The van der Waals surface area contributed by atoms with Gasteiger partial charge in [0.25, 0.3) is 0 Å². The summed E-state index contributed by atoms with van der Waals surface area (Å²) in [5, 5.41) is 4.14. The van der Waals surface area contributed by atoms with E-state index in [9.17, 15) is 0 Å². The standard InChI is InChI=1S/C13H11N7/c1-8-4-16-13-17-5-9(7-19(8)13)10-2-3-20-11(10)6-15-12(14)18-20/h2-7H,1H3,(H2,14,18). The van der Waals surface area contributed by atoms with E-state index in [0.29, 0.717) is 5.78 Å². The number of hydrogen-bond donors (Lipinski definition) is 1. The Kier molecular flexibility index (Phi) is 2.06. The molecule has 2 N–H and O–H groups in total.